The van der Waals surface area contributed by atoms with Crippen molar-refractivity contribution in [1.82, 2.24) is 9.21 Å². The van der Waals surface area contributed by atoms with Crippen LogP contribution in [0, 0.1) is 5.82 Å². The van der Waals surface area contributed by atoms with Crippen molar-refractivity contribution in [2.24, 2.45) is 0 Å². The largest absolute Gasteiger partial charge is 0.489 e. The minimum Gasteiger partial charge on any atom is -0.489 e. The van der Waals surface area contributed by atoms with Crippen molar-refractivity contribution in [3.63, 3.8) is 0 Å². The molecule has 1 amide bonds. The monoisotopic (exact) mass is 432 g/mol. The predicted octanol–water partition coefficient (Wildman–Crippen LogP) is 3.25. The molecule has 160 valence electrons. The van der Waals surface area contributed by atoms with Crippen molar-refractivity contribution in [3.8, 4) is 5.75 Å². The summed E-state index contributed by atoms with van der Waals surface area (Å²) in [5, 5.41) is 0. The molecule has 4 rings (SSSR count). The van der Waals surface area contributed by atoms with Crippen LogP contribution >= 0.6 is 0 Å². The number of nitrogens with zero attached hydrogens (tertiary/aromatic N) is 2. The van der Waals surface area contributed by atoms with E-state index in [0.29, 0.717) is 30.8 Å². The number of hydrogen-bond acceptors (Lipinski definition) is 4. The Morgan fingerprint density at radius 2 is 1.77 bits per heavy atom. The maximum Gasteiger partial charge on any atom is 0.257 e. The minimum absolute atomic E-state index is 0.00873. The fourth-order valence-corrected chi connectivity index (χ4v) is 5.49. The highest BCUT2D eigenvalue weighted by Gasteiger charge is 2.34. The number of fused-ring (bicyclic) bond motifs is 1. The molecule has 2 aromatic rings. The van der Waals surface area contributed by atoms with Gasteiger partial charge >= 0.3 is 0 Å². The van der Waals surface area contributed by atoms with E-state index >= 15 is 0 Å². The maximum absolute atomic E-state index is 13.2. The SMILES string of the molecule is CC1Oc2c(C(=O)N3CCCN(S(=O)(=O)c4ccc(F)cc4)CC3)cccc2C1C. The van der Waals surface area contributed by atoms with Crippen molar-refractivity contribution in [2.75, 3.05) is 26.2 Å². The van der Waals surface area contributed by atoms with Gasteiger partial charge in [0.1, 0.15) is 17.7 Å². The van der Waals surface area contributed by atoms with E-state index in [1.165, 1.54) is 16.4 Å². The first-order valence-electron chi connectivity index (χ1n) is 10.1. The van der Waals surface area contributed by atoms with Crippen LogP contribution in [0.2, 0.25) is 0 Å². The summed E-state index contributed by atoms with van der Waals surface area (Å²) in [5.74, 6) is 0.229. The minimum atomic E-state index is -3.74. The van der Waals surface area contributed by atoms with Crippen molar-refractivity contribution >= 4 is 15.9 Å². The molecule has 0 radical (unpaired) electrons. The molecule has 0 N–H and O–H groups in total. The molecule has 2 atom stereocenters. The first kappa shape index (κ1) is 20.8. The van der Waals surface area contributed by atoms with Crippen molar-refractivity contribution < 1.29 is 22.3 Å². The highest BCUT2D eigenvalue weighted by Crippen LogP contribution is 2.40. The molecule has 0 aliphatic carbocycles. The molecule has 30 heavy (non-hydrogen) atoms. The van der Waals surface area contributed by atoms with Gasteiger partial charge in [0, 0.05) is 37.7 Å². The van der Waals surface area contributed by atoms with Crippen LogP contribution in [0.1, 0.15) is 42.1 Å². The Morgan fingerprint density at radius 3 is 2.50 bits per heavy atom. The maximum atomic E-state index is 13.2. The van der Waals surface area contributed by atoms with E-state index in [0.717, 1.165) is 17.7 Å². The third-order valence-electron chi connectivity index (χ3n) is 5.97. The Kier molecular flexibility index (Phi) is 5.55. The van der Waals surface area contributed by atoms with Gasteiger partial charge in [-0.3, -0.25) is 4.79 Å². The zero-order chi connectivity index (χ0) is 21.5. The Balaban J connectivity index is 1.52. The van der Waals surface area contributed by atoms with E-state index in [4.69, 9.17) is 4.74 Å². The molecule has 2 heterocycles. The topological polar surface area (TPSA) is 66.9 Å². The fraction of sp³-hybridized carbons (Fsp3) is 0.409. The molecule has 2 aliphatic heterocycles. The highest BCUT2D eigenvalue weighted by molar-refractivity contribution is 7.89. The third kappa shape index (κ3) is 3.70. The van der Waals surface area contributed by atoms with Gasteiger partial charge in [-0.05, 0) is 43.7 Å². The van der Waals surface area contributed by atoms with Gasteiger partial charge in [-0.15, -0.1) is 0 Å². The molecule has 0 aromatic heterocycles. The number of rotatable bonds is 3. The van der Waals surface area contributed by atoms with E-state index in [-0.39, 0.29) is 35.9 Å². The summed E-state index contributed by atoms with van der Waals surface area (Å²) in [6.45, 7) is 5.31. The molecule has 2 unspecified atom stereocenters. The smallest absolute Gasteiger partial charge is 0.257 e. The zero-order valence-corrected chi connectivity index (χ0v) is 17.9. The number of carbonyl (C=O) groups excluding carboxylic acids is 1. The van der Waals surface area contributed by atoms with Gasteiger partial charge in [0.25, 0.3) is 5.91 Å². The normalized spacial score (nSPS) is 22.3. The van der Waals surface area contributed by atoms with Gasteiger partial charge in [-0.2, -0.15) is 4.31 Å². The van der Waals surface area contributed by atoms with Crippen LogP contribution in [0.3, 0.4) is 0 Å². The lowest BCUT2D eigenvalue weighted by Gasteiger charge is -2.23. The third-order valence-corrected chi connectivity index (χ3v) is 7.88. The first-order valence-corrected chi connectivity index (χ1v) is 11.6. The lowest BCUT2D eigenvalue weighted by atomic mass is 9.96. The number of benzene rings is 2. The molecule has 6 nitrogen and oxygen atoms in total. The molecule has 2 aliphatic rings. The Hall–Kier alpha value is -2.45. The van der Waals surface area contributed by atoms with Crippen molar-refractivity contribution in [2.45, 2.75) is 37.2 Å². The molecule has 8 heteroatoms. The Labute approximate surface area is 176 Å². The molecule has 0 bridgehead atoms. The molecular formula is C22H25FN2O4S. The second-order valence-corrected chi connectivity index (χ2v) is 9.78. The summed E-state index contributed by atoms with van der Waals surface area (Å²) >= 11 is 0. The van der Waals surface area contributed by atoms with Crippen LogP contribution in [0.15, 0.2) is 47.4 Å². The van der Waals surface area contributed by atoms with Gasteiger partial charge in [-0.25, -0.2) is 12.8 Å². The number of halogens is 1. The van der Waals surface area contributed by atoms with E-state index in [2.05, 4.69) is 6.92 Å². The van der Waals surface area contributed by atoms with Crippen LogP contribution < -0.4 is 4.74 Å². The highest BCUT2D eigenvalue weighted by atomic mass is 32.2. The number of para-hydroxylation sites is 1. The standard InChI is InChI=1S/C22H25FN2O4S/c1-15-16(2)29-21-19(15)5-3-6-20(21)22(26)24-11-4-12-25(14-13-24)30(27,28)18-9-7-17(23)8-10-18/h3,5-10,15-16H,4,11-14H2,1-2H3. The lowest BCUT2D eigenvalue weighted by molar-refractivity contribution is 0.0759. The summed E-state index contributed by atoms with van der Waals surface area (Å²) < 4.78 is 46.3. The van der Waals surface area contributed by atoms with Gasteiger partial charge in [0.15, 0.2) is 0 Å². The number of amides is 1. The fourth-order valence-electron chi connectivity index (χ4n) is 4.02. The van der Waals surface area contributed by atoms with E-state index < -0.39 is 15.8 Å². The summed E-state index contributed by atoms with van der Waals surface area (Å²) in [4.78, 5) is 15.0. The second-order valence-electron chi connectivity index (χ2n) is 7.84. The van der Waals surface area contributed by atoms with Crippen LogP contribution in [-0.4, -0.2) is 55.8 Å². The van der Waals surface area contributed by atoms with Crippen LogP contribution in [0.4, 0.5) is 4.39 Å². The average Bonchev–Trinajstić information content (AvgIpc) is 2.90. The molecule has 1 saturated heterocycles. The molecule has 2 aromatic carbocycles. The van der Waals surface area contributed by atoms with Gasteiger partial charge in [0.05, 0.1) is 10.5 Å². The van der Waals surface area contributed by atoms with Crippen LogP contribution in [0.25, 0.3) is 0 Å². The number of hydrogen-bond donors (Lipinski definition) is 0. The average molecular weight is 433 g/mol. The predicted molar refractivity (Wildman–Crippen MR) is 111 cm³/mol. The lowest BCUT2D eigenvalue weighted by Crippen LogP contribution is -2.37. The van der Waals surface area contributed by atoms with E-state index in [9.17, 15) is 17.6 Å². The van der Waals surface area contributed by atoms with Gasteiger partial charge in [-0.1, -0.05) is 19.1 Å². The first-order chi connectivity index (χ1) is 14.3. The second kappa shape index (κ2) is 8.00. The van der Waals surface area contributed by atoms with Crippen LogP contribution in [0.5, 0.6) is 5.75 Å². The quantitative estimate of drug-likeness (QED) is 0.747. The Morgan fingerprint density at radius 1 is 1.03 bits per heavy atom. The van der Waals surface area contributed by atoms with E-state index in [1.54, 1.807) is 11.0 Å². The Bertz CT molecular complexity index is 1060. The number of carbonyl (C=O) groups is 1. The number of sulfonamides is 1. The molecular weight excluding hydrogens is 407 g/mol. The van der Waals surface area contributed by atoms with Gasteiger partial charge < -0.3 is 9.64 Å². The summed E-state index contributed by atoms with van der Waals surface area (Å²) in [5.41, 5.74) is 1.56. The molecule has 1 fully saturated rings. The molecule has 0 saturated carbocycles. The van der Waals surface area contributed by atoms with Gasteiger partial charge in [0.2, 0.25) is 10.0 Å². The summed E-state index contributed by atoms with van der Waals surface area (Å²) in [6, 6.07) is 10.4. The van der Waals surface area contributed by atoms with Crippen LogP contribution in [-0.2, 0) is 10.0 Å². The number of ether oxygens (including phenoxy) is 1. The zero-order valence-electron chi connectivity index (χ0n) is 17.0. The van der Waals surface area contributed by atoms with E-state index in [1.807, 2.05) is 19.1 Å². The van der Waals surface area contributed by atoms with Crippen molar-refractivity contribution in [3.05, 3.63) is 59.4 Å². The molecule has 0 spiro atoms. The summed E-state index contributed by atoms with van der Waals surface area (Å²) in [7, 11) is -3.74. The van der Waals surface area contributed by atoms with Crippen molar-refractivity contribution in [1.29, 1.82) is 0 Å². The summed E-state index contributed by atoms with van der Waals surface area (Å²) in [6.07, 6.45) is 0.531.